The van der Waals surface area contributed by atoms with Crippen molar-refractivity contribution in [1.82, 2.24) is 5.32 Å². The predicted octanol–water partition coefficient (Wildman–Crippen LogP) is 0.892. The van der Waals surface area contributed by atoms with E-state index in [-0.39, 0.29) is 6.10 Å². The molecule has 0 aliphatic heterocycles. The van der Waals surface area contributed by atoms with Gasteiger partial charge in [-0.3, -0.25) is 4.99 Å². The van der Waals surface area contributed by atoms with Crippen LogP contribution in [0.5, 0.6) is 0 Å². The van der Waals surface area contributed by atoms with Gasteiger partial charge in [-0.2, -0.15) is 0 Å². The fourth-order valence-corrected chi connectivity index (χ4v) is 1.02. The third kappa shape index (κ3) is 5.59. The molecule has 3 N–H and O–H groups in total. The number of nitrogens with two attached hydrogens (primary N) is 1. The molecule has 0 amide bonds. The van der Waals surface area contributed by atoms with Gasteiger partial charge in [0, 0.05) is 26.4 Å². The maximum atomic E-state index is 5.55. The highest BCUT2D eigenvalue weighted by molar-refractivity contribution is 5.93. The summed E-state index contributed by atoms with van der Waals surface area (Å²) in [4.78, 5) is 4.06. The van der Waals surface area contributed by atoms with Crippen molar-refractivity contribution >= 4 is 5.84 Å². The SMILES string of the molecule is CC[C@@H](CNC(/C=C(/C)N)=NC)OC. The van der Waals surface area contributed by atoms with E-state index in [2.05, 4.69) is 17.2 Å². The fourth-order valence-electron chi connectivity index (χ4n) is 1.02. The van der Waals surface area contributed by atoms with Gasteiger partial charge in [-0.25, -0.2) is 0 Å². The molecule has 0 unspecified atom stereocenters. The number of methoxy groups -OCH3 is 1. The molecule has 82 valence electrons. The summed E-state index contributed by atoms with van der Waals surface area (Å²) in [5.74, 6) is 0.792. The lowest BCUT2D eigenvalue weighted by molar-refractivity contribution is 0.103. The lowest BCUT2D eigenvalue weighted by atomic mass is 10.2. The summed E-state index contributed by atoms with van der Waals surface area (Å²) in [6.45, 7) is 4.67. The average Bonchev–Trinajstić information content (AvgIpc) is 2.17. The van der Waals surface area contributed by atoms with Crippen LogP contribution in [0.2, 0.25) is 0 Å². The molecule has 0 aromatic carbocycles. The second kappa shape index (κ2) is 7.38. The summed E-state index contributed by atoms with van der Waals surface area (Å²) in [6.07, 6.45) is 3.01. The van der Waals surface area contributed by atoms with Crippen molar-refractivity contribution in [3.63, 3.8) is 0 Å². The minimum absolute atomic E-state index is 0.221. The highest BCUT2D eigenvalue weighted by atomic mass is 16.5. The molecule has 0 aliphatic rings. The van der Waals surface area contributed by atoms with E-state index in [9.17, 15) is 0 Å². The zero-order valence-electron chi connectivity index (χ0n) is 9.50. The molecule has 0 aromatic heterocycles. The van der Waals surface area contributed by atoms with Crippen molar-refractivity contribution in [3.8, 4) is 0 Å². The number of ether oxygens (including phenoxy) is 1. The Balaban J connectivity index is 4.03. The fraction of sp³-hybridized carbons (Fsp3) is 0.700. The molecule has 0 aromatic rings. The lowest BCUT2D eigenvalue weighted by Crippen LogP contribution is -2.32. The van der Waals surface area contributed by atoms with E-state index < -0.39 is 0 Å². The van der Waals surface area contributed by atoms with Crippen LogP contribution in [-0.2, 0) is 4.74 Å². The Morgan fingerprint density at radius 3 is 2.64 bits per heavy atom. The second-order valence-electron chi connectivity index (χ2n) is 3.14. The molecule has 1 atom stereocenters. The second-order valence-corrected chi connectivity index (χ2v) is 3.14. The first-order chi connectivity index (χ1) is 6.63. The molecule has 0 rings (SSSR count). The van der Waals surface area contributed by atoms with E-state index in [0.717, 1.165) is 24.5 Å². The number of nitrogens with one attached hydrogen (secondary N) is 1. The van der Waals surface area contributed by atoms with Crippen LogP contribution in [0.25, 0.3) is 0 Å². The van der Waals surface area contributed by atoms with Crippen LogP contribution in [0, 0.1) is 0 Å². The monoisotopic (exact) mass is 199 g/mol. The van der Waals surface area contributed by atoms with Gasteiger partial charge >= 0.3 is 0 Å². The van der Waals surface area contributed by atoms with Gasteiger partial charge in [0.25, 0.3) is 0 Å². The number of allylic oxidation sites excluding steroid dienone is 1. The summed E-state index contributed by atoms with van der Waals surface area (Å²) in [6, 6.07) is 0. The zero-order chi connectivity index (χ0) is 11.0. The third-order valence-corrected chi connectivity index (χ3v) is 1.90. The molecule has 0 aliphatic carbocycles. The van der Waals surface area contributed by atoms with Crippen LogP contribution in [0.4, 0.5) is 0 Å². The summed E-state index contributed by atoms with van der Waals surface area (Å²) in [5, 5.41) is 3.17. The number of aliphatic imine (C=N–C) groups is 1. The summed E-state index contributed by atoms with van der Waals surface area (Å²) >= 11 is 0. The average molecular weight is 199 g/mol. The van der Waals surface area contributed by atoms with E-state index in [1.807, 2.05) is 13.0 Å². The van der Waals surface area contributed by atoms with Gasteiger partial charge in [0.1, 0.15) is 5.84 Å². The quantitative estimate of drug-likeness (QED) is 0.510. The van der Waals surface area contributed by atoms with E-state index in [4.69, 9.17) is 10.5 Å². The summed E-state index contributed by atoms with van der Waals surface area (Å²) in [5.41, 5.74) is 6.29. The van der Waals surface area contributed by atoms with Gasteiger partial charge in [0.15, 0.2) is 0 Å². The van der Waals surface area contributed by atoms with Gasteiger partial charge in [0.2, 0.25) is 0 Å². The first-order valence-corrected chi connectivity index (χ1v) is 4.81. The summed E-state index contributed by atoms with van der Waals surface area (Å²) < 4.78 is 5.23. The Morgan fingerprint density at radius 1 is 1.64 bits per heavy atom. The Hall–Kier alpha value is -1.03. The Kier molecular flexibility index (Phi) is 6.84. The zero-order valence-corrected chi connectivity index (χ0v) is 9.50. The van der Waals surface area contributed by atoms with Crippen molar-refractivity contribution in [2.24, 2.45) is 10.7 Å². The van der Waals surface area contributed by atoms with Gasteiger partial charge in [0.05, 0.1) is 6.10 Å². The van der Waals surface area contributed by atoms with Gasteiger partial charge in [-0.1, -0.05) is 6.92 Å². The predicted molar refractivity (Wildman–Crippen MR) is 60.4 cm³/mol. The largest absolute Gasteiger partial charge is 0.402 e. The molecule has 4 heteroatoms. The topological polar surface area (TPSA) is 59.6 Å². The molecule has 14 heavy (non-hydrogen) atoms. The van der Waals surface area contributed by atoms with Crippen LogP contribution in [0.15, 0.2) is 16.8 Å². The van der Waals surface area contributed by atoms with Crippen LogP contribution in [0.3, 0.4) is 0 Å². The lowest BCUT2D eigenvalue weighted by Gasteiger charge is -2.14. The van der Waals surface area contributed by atoms with Crippen molar-refractivity contribution in [1.29, 1.82) is 0 Å². The minimum Gasteiger partial charge on any atom is -0.402 e. The first kappa shape index (κ1) is 13.0. The maximum absolute atomic E-state index is 5.55. The number of hydrogen-bond donors (Lipinski definition) is 2. The maximum Gasteiger partial charge on any atom is 0.122 e. The Bertz CT molecular complexity index is 203. The van der Waals surface area contributed by atoms with E-state index in [1.165, 1.54) is 0 Å². The van der Waals surface area contributed by atoms with Crippen molar-refractivity contribution in [3.05, 3.63) is 11.8 Å². The molecule has 0 spiro atoms. The van der Waals surface area contributed by atoms with E-state index >= 15 is 0 Å². The Morgan fingerprint density at radius 2 is 2.29 bits per heavy atom. The number of amidine groups is 1. The normalized spacial score (nSPS) is 15.4. The standard InChI is InChI=1S/C10H21N3O/c1-5-9(14-4)7-13-10(12-3)6-8(2)11/h6,9H,5,7,11H2,1-4H3,(H,12,13)/b8-6-/t9-/m0/s1. The van der Waals surface area contributed by atoms with E-state index in [1.54, 1.807) is 14.2 Å². The van der Waals surface area contributed by atoms with Crippen LogP contribution in [-0.4, -0.2) is 32.6 Å². The molecule has 0 radical (unpaired) electrons. The van der Waals surface area contributed by atoms with Gasteiger partial charge < -0.3 is 15.8 Å². The van der Waals surface area contributed by atoms with Crippen LogP contribution in [0.1, 0.15) is 20.3 Å². The van der Waals surface area contributed by atoms with Gasteiger partial charge in [-0.05, 0) is 19.4 Å². The molecule has 4 nitrogen and oxygen atoms in total. The van der Waals surface area contributed by atoms with E-state index in [0.29, 0.717) is 0 Å². The number of hydrogen-bond acceptors (Lipinski definition) is 3. The molecular weight excluding hydrogens is 178 g/mol. The first-order valence-electron chi connectivity index (χ1n) is 4.81. The molecule has 0 saturated carbocycles. The smallest absolute Gasteiger partial charge is 0.122 e. The van der Waals surface area contributed by atoms with Crippen molar-refractivity contribution < 1.29 is 4.74 Å². The highest BCUT2D eigenvalue weighted by Gasteiger charge is 2.03. The molecule has 0 saturated heterocycles. The Labute approximate surface area is 86.2 Å². The van der Waals surface area contributed by atoms with Gasteiger partial charge in [-0.15, -0.1) is 0 Å². The molecule has 0 bridgehead atoms. The highest BCUT2D eigenvalue weighted by Crippen LogP contribution is 1.94. The van der Waals surface area contributed by atoms with Crippen molar-refractivity contribution in [2.45, 2.75) is 26.4 Å². The minimum atomic E-state index is 0.221. The third-order valence-electron chi connectivity index (χ3n) is 1.90. The summed E-state index contributed by atoms with van der Waals surface area (Å²) in [7, 11) is 3.44. The number of rotatable bonds is 5. The number of nitrogens with zero attached hydrogens (tertiary/aromatic N) is 1. The van der Waals surface area contributed by atoms with Crippen LogP contribution < -0.4 is 11.1 Å². The van der Waals surface area contributed by atoms with Crippen LogP contribution >= 0.6 is 0 Å². The molecule has 0 heterocycles. The molecular formula is C10H21N3O. The van der Waals surface area contributed by atoms with Crippen molar-refractivity contribution in [2.75, 3.05) is 20.7 Å². The molecule has 0 fully saturated rings.